The van der Waals surface area contributed by atoms with Crippen LogP contribution in [0.2, 0.25) is 0 Å². The molecule has 1 rings (SSSR count). The number of hydrogen-bond acceptors (Lipinski definition) is 2. The lowest BCUT2D eigenvalue weighted by molar-refractivity contribution is 0.0727. The highest BCUT2D eigenvalue weighted by Crippen LogP contribution is 2.09. The Hall–Kier alpha value is -1.29. The number of amides is 1. The van der Waals surface area contributed by atoms with Gasteiger partial charge in [-0.15, -0.1) is 0 Å². The number of H-pyrrole nitrogens is 1. The van der Waals surface area contributed by atoms with Gasteiger partial charge in [-0.25, -0.2) is 0 Å². The SMILES string of the molecule is CC(C)CN(CCCCCCN)C(=O)c1ccc[nH]1. The molecule has 0 aliphatic rings. The standard InChI is InChI=1S/C15H27N3O/c1-13(2)12-18(11-6-4-3-5-9-16)15(19)14-8-7-10-17-14/h7-8,10,13,17H,3-6,9,11-12,16H2,1-2H3. The zero-order chi connectivity index (χ0) is 14.1. The number of carbonyl (C=O) groups excluding carboxylic acids is 1. The van der Waals surface area contributed by atoms with E-state index in [-0.39, 0.29) is 5.91 Å². The minimum atomic E-state index is 0.109. The molecule has 0 aliphatic heterocycles. The van der Waals surface area contributed by atoms with Crippen molar-refractivity contribution in [2.45, 2.75) is 39.5 Å². The van der Waals surface area contributed by atoms with E-state index < -0.39 is 0 Å². The fourth-order valence-corrected chi connectivity index (χ4v) is 2.15. The summed E-state index contributed by atoms with van der Waals surface area (Å²) >= 11 is 0. The summed E-state index contributed by atoms with van der Waals surface area (Å²) in [5.74, 6) is 0.598. The minimum Gasteiger partial charge on any atom is -0.357 e. The quantitative estimate of drug-likeness (QED) is 0.674. The Balaban J connectivity index is 2.45. The lowest BCUT2D eigenvalue weighted by atomic mass is 10.1. The largest absolute Gasteiger partial charge is 0.357 e. The highest BCUT2D eigenvalue weighted by atomic mass is 16.2. The molecule has 19 heavy (non-hydrogen) atoms. The predicted molar refractivity (Wildman–Crippen MR) is 79.1 cm³/mol. The topological polar surface area (TPSA) is 62.1 Å². The van der Waals surface area contributed by atoms with Gasteiger partial charge in [0.2, 0.25) is 0 Å². The van der Waals surface area contributed by atoms with Gasteiger partial charge in [-0.3, -0.25) is 4.79 Å². The summed E-state index contributed by atoms with van der Waals surface area (Å²) in [6.45, 7) is 6.69. The maximum absolute atomic E-state index is 12.3. The van der Waals surface area contributed by atoms with Gasteiger partial charge in [0.15, 0.2) is 0 Å². The van der Waals surface area contributed by atoms with Crippen molar-refractivity contribution < 1.29 is 4.79 Å². The fraction of sp³-hybridized carbons (Fsp3) is 0.667. The van der Waals surface area contributed by atoms with Gasteiger partial charge in [-0.1, -0.05) is 26.7 Å². The van der Waals surface area contributed by atoms with Crippen LogP contribution >= 0.6 is 0 Å². The van der Waals surface area contributed by atoms with Crippen LogP contribution < -0.4 is 5.73 Å². The Morgan fingerprint density at radius 1 is 1.32 bits per heavy atom. The van der Waals surface area contributed by atoms with Crippen LogP contribution in [0.1, 0.15) is 50.0 Å². The molecule has 1 aromatic heterocycles. The summed E-state index contributed by atoms with van der Waals surface area (Å²) in [5, 5.41) is 0. The van der Waals surface area contributed by atoms with Gasteiger partial charge in [0, 0.05) is 19.3 Å². The molecule has 0 saturated carbocycles. The molecule has 0 spiro atoms. The molecule has 0 radical (unpaired) electrons. The monoisotopic (exact) mass is 265 g/mol. The van der Waals surface area contributed by atoms with Crippen molar-refractivity contribution in [3.8, 4) is 0 Å². The van der Waals surface area contributed by atoms with Crippen molar-refractivity contribution in [3.05, 3.63) is 24.0 Å². The number of hydrogen-bond donors (Lipinski definition) is 2. The van der Waals surface area contributed by atoms with Crippen molar-refractivity contribution in [3.63, 3.8) is 0 Å². The van der Waals surface area contributed by atoms with E-state index in [1.54, 1.807) is 6.20 Å². The first-order valence-electron chi connectivity index (χ1n) is 7.28. The lowest BCUT2D eigenvalue weighted by Gasteiger charge is -2.24. The number of aromatic nitrogens is 1. The van der Waals surface area contributed by atoms with E-state index in [9.17, 15) is 4.79 Å². The summed E-state index contributed by atoms with van der Waals surface area (Å²) in [6.07, 6.45) is 6.22. The molecular formula is C15H27N3O. The second-order valence-corrected chi connectivity index (χ2v) is 5.43. The average Bonchev–Trinajstić information content (AvgIpc) is 2.89. The van der Waals surface area contributed by atoms with E-state index in [1.807, 2.05) is 17.0 Å². The van der Waals surface area contributed by atoms with Crippen LogP contribution in [0.5, 0.6) is 0 Å². The van der Waals surface area contributed by atoms with Crippen molar-refractivity contribution >= 4 is 5.91 Å². The first-order valence-corrected chi connectivity index (χ1v) is 7.28. The van der Waals surface area contributed by atoms with Crippen LogP contribution in [0.25, 0.3) is 0 Å². The second-order valence-electron chi connectivity index (χ2n) is 5.43. The number of nitrogens with one attached hydrogen (secondary N) is 1. The van der Waals surface area contributed by atoms with Crippen molar-refractivity contribution in [2.75, 3.05) is 19.6 Å². The Morgan fingerprint density at radius 3 is 2.63 bits per heavy atom. The molecule has 0 aromatic carbocycles. The van der Waals surface area contributed by atoms with E-state index in [2.05, 4.69) is 18.8 Å². The minimum absolute atomic E-state index is 0.109. The molecule has 0 unspecified atom stereocenters. The Bertz CT molecular complexity index is 346. The van der Waals surface area contributed by atoms with E-state index >= 15 is 0 Å². The number of rotatable bonds is 9. The van der Waals surface area contributed by atoms with Gasteiger partial charge in [-0.05, 0) is 37.4 Å². The van der Waals surface area contributed by atoms with Gasteiger partial charge in [-0.2, -0.15) is 0 Å². The van der Waals surface area contributed by atoms with Crippen LogP contribution in [0.15, 0.2) is 18.3 Å². The number of nitrogens with zero attached hydrogens (tertiary/aromatic N) is 1. The van der Waals surface area contributed by atoms with Gasteiger partial charge in [0.25, 0.3) is 5.91 Å². The van der Waals surface area contributed by atoms with Crippen LogP contribution in [-0.2, 0) is 0 Å². The second kappa shape index (κ2) is 8.75. The zero-order valence-corrected chi connectivity index (χ0v) is 12.2. The molecule has 0 fully saturated rings. The van der Waals surface area contributed by atoms with Crippen LogP contribution in [0.4, 0.5) is 0 Å². The molecule has 3 N–H and O–H groups in total. The highest BCUT2D eigenvalue weighted by Gasteiger charge is 2.16. The fourth-order valence-electron chi connectivity index (χ4n) is 2.15. The number of nitrogens with two attached hydrogens (primary N) is 1. The van der Waals surface area contributed by atoms with E-state index in [4.69, 9.17) is 5.73 Å². The summed E-state index contributed by atoms with van der Waals surface area (Å²) in [6, 6.07) is 3.70. The summed E-state index contributed by atoms with van der Waals surface area (Å²) in [5.41, 5.74) is 6.16. The van der Waals surface area contributed by atoms with Crippen LogP contribution in [0, 0.1) is 5.92 Å². The molecule has 0 saturated heterocycles. The van der Waals surface area contributed by atoms with Crippen LogP contribution in [0.3, 0.4) is 0 Å². The molecule has 108 valence electrons. The smallest absolute Gasteiger partial charge is 0.270 e. The number of carbonyl (C=O) groups is 1. The molecule has 4 nitrogen and oxygen atoms in total. The van der Waals surface area contributed by atoms with Gasteiger partial charge < -0.3 is 15.6 Å². The Morgan fingerprint density at radius 2 is 2.05 bits per heavy atom. The van der Waals surface area contributed by atoms with Gasteiger partial charge in [0.05, 0.1) is 0 Å². The summed E-state index contributed by atoms with van der Waals surface area (Å²) < 4.78 is 0. The molecule has 1 aromatic rings. The van der Waals surface area contributed by atoms with E-state index in [0.29, 0.717) is 11.6 Å². The number of unbranched alkanes of at least 4 members (excludes halogenated alkanes) is 3. The van der Waals surface area contributed by atoms with Gasteiger partial charge in [0.1, 0.15) is 5.69 Å². The lowest BCUT2D eigenvalue weighted by Crippen LogP contribution is -2.35. The maximum atomic E-state index is 12.3. The zero-order valence-electron chi connectivity index (χ0n) is 12.2. The average molecular weight is 265 g/mol. The first kappa shape index (κ1) is 15.8. The van der Waals surface area contributed by atoms with Gasteiger partial charge >= 0.3 is 0 Å². The highest BCUT2D eigenvalue weighted by molar-refractivity contribution is 5.92. The third kappa shape index (κ3) is 5.92. The van der Waals surface area contributed by atoms with E-state index in [1.165, 1.54) is 0 Å². The Labute approximate surface area is 116 Å². The van der Waals surface area contributed by atoms with Crippen molar-refractivity contribution in [1.82, 2.24) is 9.88 Å². The molecule has 0 aliphatic carbocycles. The molecule has 0 atom stereocenters. The van der Waals surface area contributed by atoms with E-state index in [0.717, 1.165) is 45.3 Å². The first-order chi connectivity index (χ1) is 9.15. The molecule has 1 heterocycles. The summed E-state index contributed by atoms with van der Waals surface area (Å²) in [4.78, 5) is 17.3. The normalized spacial score (nSPS) is 10.9. The maximum Gasteiger partial charge on any atom is 0.270 e. The third-order valence-electron chi connectivity index (χ3n) is 3.08. The molecule has 4 heteroatoms. The predicted octanol–water partition coefficient (Wildman–Crippen LogP) is 2.63. The summed E-state index contributed by atoms with van der Waals surface area (Å²) in [7, 11) is 0. The molecule has 1 amide bonds. The third-order valence-corrected chi connectivity index (χ3v) is 3.08. The Kier molecular flexibility index (Phi) is 7.26. The van der Waals surface area contributed by atoms with Crippen molar-refractivity contribution in [2.24, 2.45) is 11.7 Å². The van der Waals surface area contributed by atoms with Crippen LogP contribution in [-0.4, -0.2) is 35.4 Å². The molecular weight excluding hydrogens is 238 g/mol. The van der Waals surface area contributed by atoms with Crippen molar-refractivity contribution in [1.29, 1.82) is 0 Å². The molecule has 0 bridgehead atoms. The number of aromatic amines is 1.